The molecule has 0 saturated heterocycles. The second-order valence-electron chi connectivity index (χ2n) is 7.97. The minimum atomic E-state index is 0.935. The van der Waals surface area contributed by atoms with E-state index in [0.717, 1.165) is 5.92 Å². The van der Waals surface area contributed by atoms with Crippen LogP contribution >= 0.6 is 11.3 Å². The Morgan fingerprint density at radius 3 is 1.60 bits per heavy atom. The van der Waals surface area contributed by atoms with Gasteiger partial charge in [0.15, 0.2) is 0 Å². The molecule has 1 unspecified atom stereocenters. The van der Waals surface area contributed by atoms with Gasteiger partial charge >= 0.3 is 0 Å². The molecule has 1 aromatic heterocycles. The third-order valence-electron chi connectivity index (χ3n) is 5.50. The highest BCUT2D eigenvalue weighted by Crippen LogP contribution is 2.25. The Balaban J connectivity index is 2.13. The lowest BCUT2D eigenvalue weighted by Crippen LogP contribution is -2.04. The highest BCUT2D eigenvalue weighted by atomic mass is 32.1. The lowest BCUT2D eigenvalue weighted by molar-refractivity contribution is 0.402. The van der Waals surface area contributed by atoms with E-state index in [2.05, 4.69) is 31.4 Å². The summed E-state index contributed by atoms with van der Waals surface area (Å²) in [6.07, 6.45) is 24.4. The Kier molecular flexibility index (Phi) is 15.6. The molecule has 0 aromatic carbocycles. The van der Waals surface area contributed by atoms with Crippen LogP contribution in [0.3, 0.4) is 0 Å². The number of hydrogen-bond donors (Lipinski definition) is 0. The van der Waals surface area contributed by atoms with Crippen LogP contribution in [0.1, 0.15) is 121 Å². The molecule has 25 heavy (non-hydrogen) atoms. The van der Waals surface area contributed by atoms with Gasteiger partial charge in [0.1, 0.15) is 0 Å². The molecule has 0 nitrogen and oxygen atoms in total. The average Bonchev–Trinajstić information content (AvgIpc) is 3.13. The first-order valence-electron chi connectivity index (χ1n) is 11.4. The maximum Gasteiger partial charge on any atom is 0.00479 e. The molecule has 1 heterocycles. The molecule has 0 aliphatic heterocycles. The summed E-state index contributed by atoms with van der Waals surface area (Å²) in [7, 11) is 0. The van der Waals surface area contributed by atoms with Crippen LogP contribution in [0, 0.1) is 5.92 Å². The normalized spacial score (nSPS) is 12.6. The predicted octanol–water partition coefficient (Wildman–Crippen LogP) is 9.19. The predicted molar refractivity (Wildman–Crippen MR) is 117 cm³/mol. The van der Waals surface area contributed by atoms with Gasteiger partial charge in [0.25, 0.3) is 0 Å². The maximum atomic E-state index is 2.34. The first-order valence-corrected chi connectivity index (χ1v) is 12.3. The van der Waals surface area contributed by atoms with Gasteiger partial charge in [-0.05, 0) is 23.8 Å². The third kappa shape index (κ3) is 13.5. The van der Waals surface area contributed by atoms with E-state index in [9.17, 15) is 0 Å². The Morgan fingerprint density at radius 2 is 1.16 bits per heavy atom. The molecule has 146 valence electrons. The lowest BCUT2D eigenvalue weighted by Gasteiger charge is -2.16. The zero-order chi connectivity index (χ0) is 18.0. The van der Waals surface area contributed by atoms with E-state index in [1.807, 2.05) is 11.3 Å². The maximum absolute atomic E-state index is 2.34. The molecule has 0 N–H and O–H groups in total. The van der Waals surface area contributed by atoms with Crippen LogP contribution in [0.2, 0.25) is 0 Å². The Hall–Kier alpha value is -0.300. The minimum absolute atomic E-state index is 0.935. The average molecular weight is 365 g/mol. The summed E-state index contributed by atoms with van der Waals surface area (Å²) in [6, 6.07) is 4.56. The topological polar surface area (TPSA) is 0 Å². The van der Waals surface area contributed by atoms with Gasteiger partial charge in [-0.2, -0.15) is 0 Å². The molecule has 0 aliphatic rings. The number of hydrogen-bond acceptors (Lipinski definition) is 1. The molecule has 0 fully saturated rings. The lowest BCUT2D eigenvalue weighted by atomic mass is 9.91. The van der Waals surface area contributed by atoms with Crippen molar-refractivity contribution in [2.45, 2.75) is 123 Å². The molecular formula is C24H44S. The van der Waals surface area contributed by atoms with Gasteiger partial charge in [0.2, 0.25) is 0 Å². The Bertz CT molecular complexity index is 354. The van der Waals surface area contributed by atoms with E-state index < -0.39 is 0 Å². The van der Waals surface area contributed by atoms with Gasteiger partial charge in [-0.3, -0.25) is 0 Å². The first kappa shape index (κ1) is 22.7. The van der Waals surface area contributed by atoms with Crippen molar-refractivity contribution < 1.29 is 0 Å². The van der Waals surface area contributed by atoms with Crippen LogP contribution in [0.4, 0.5) is 0 Å². The molecule has 1 aromatic rings. The Labute approximate surface area is 162 Å². The van der Waals surface area contributed by atoms with Crippen molar-refractivity contribution in [3.63, 3.8) is 0 Å². The Morgan fingerprint density at radius 1 is 0.680 bits per heavy atom. The molecule has 0 bridgehead atoms. The summed E-state index contributed by atoms with van der Waals surface area (Å²) in [5, 5.41) is 2.24. The molecule has 1 heteroatoms. The number of rotatable bonds is 18. The molecule has 1 rings (SSSR count). The van der Waals surface area contributed by atoms with E-state index in [4.69, 9.17) is 0 Å². The SMILES string of the molecule is CCCCCCCCCCC(CCCCCCCC)Cc1cccs1. The monoisotopic (exact) mass is 364 g/mol. The largest absolute Gasteiger partial charge is 0.149 e. The summed E-state index contributed by atoms with van der Waals surface area (Å²) in [5.41, 5.74) is 0. The zero-order valence-corrected chi connectivity index (χ0v) is 18.1. The van der Waals surface area contributed by atoms with E-state index in [0.29, 0.717) is 0 Å². The van der Waals surface area contributed by atoms with Gasteiger partial charge in [-0.15, -0.1) is 11.3 Å². The highest BCUT2D eigenvalue weighted by Gasteiger charge is 2.10. The molecular weight excluding hydrogens is 320 g/mol. The van der Waals surface area contributed by atoms with Gasteiger partial charge < -0.3 is 0 Å². The fourth-order valence-corrected chi connectivity index (χ4v) is 4.66. The van der Waals surface area contributed by atoms with Crippen molar-refractivity contribution in [3.8, 4) is 0 Å². The second kappa shape index (κ2) is 17.1. The number of unbranched alkanes of at least 4 members (excludes halogenated alkanes) is 12. The molecule has 0 radical (unpaired) electrons. The van der Waals surface area contributed by atoms with Crippen LogP contribution in [0.5, 0.6) is 0 Å². The second-order valence-corrected chi connectivity index (χ2v) is 9.00. The van der Waals surface area contributed by atoms with Crippen molar-refractivity contribution in [2.24, 2.45) is 5.92 Å². The van der Waals surface area contributed by atoms with Crippen molar-refractivity contribution in [3.05, 3.63) is 22.4 Å². The van der Waals surface area contributed by atoms with Crippen LogP contribution in [0.25, 0.3) is 0 Å². The van der Waals surface area contributed by atoms with Crippen molar-refractivity contribution in [1.82, 2.24) is 0 Å². The fraction of sp³-hybridized carbons (Fsp3) is 0.833. The summed E-state index contributed by atoms with van der Waals surface area (Å²) in [6.45, 7) is 4.61. The standard InChI is InChI=1S/C24H44S/c1-3-5-7-9-11-12-14-16-19-23(22-24-20-17-21-25-24)18-15-13-10-8-6-4-2/h17,20-21,23H,3-16,18-19,22H2,1-2H3. The summed E-state index contributed by atoms with van der Waals surface area (Å²) >= 11 is 1.96. The van der Waals surface area contributed by atoms with Crippen LogP contribution < -0.4 is 0 Å². The minimum Gasteiger partial charge on any atom is -0.149 e. The summed E-state index contributed by atoms with van der Waals surface area (Å²) in [5.74, 6) is 0.935. The molecule has 1 atom stereocenters. The van der Waals surface area contributed by atoms with Gasteiger partial charge in [-0.25, -0.2) is 0 Å². The highest BCUT2D eigenvalue weighted by molar-refractivity contribution is 7.09. The van der Waals surface area contributed by atoms with Crippen LogP contribution in [-0.2, 0) is 6.42 Å². The molecule has 0 aliphatic carbocycles. The molecule has 0 spiro atoms. The van der Waals surface area contributed by atoms with E-state index in [1.54, 1.807) is 4.88 Å². The molecule has 0 saturated carbocycles. The first-order chi connectivity index (χ1) is 12.4. The zero-order valence-electron chi connectivity index (χ0n) is 17.2. The van der Waals surface area contributed by atoms with Crippen molar-refractivity contribution >= 4 is 11.3 Å². The third-order valence-corrected chi connectivity index (χ3v) is 6.40. The van der Waals surface area contributed by atoms with Crippen molar-refractivity contribution in [2.75, 3.05) is 0 Å². The van der Waals surface area contributed by atoms with Gasteiger partial charge in [-0.1, -0.05) is 123 Å². The number of thiophene rings is 1. The van der Waals surface area contributed by atoms with Crippen LogP contribution in [0.15, 0.2) is 17.5 Å². The van der Waals surface area contributed by atoms with E-state index >= 15 is 0 Å². The smallest absolute Gasteiger partial charge is 0.00479 e. The van der Waals surface area contributed by atoms with Crippen LogP contribution in [-0.4, -0.2) is 0 Å². The summed E-state index contributed by atoms with van der Waals surface area (Å²) in [4.78, 5) is 1.61. The quantitative estimate of drug-likeness (QED) is 0.228. The van der Waals surface area contributed by atoms with E-state index in [-0.39, 0.29) is 0 Å². The summed E-state index contributed by atoms with van der Waals surface area (Å²) < 4.78 is 0. The van der Waals surface area contributed by atoms with Gasteiger partial charge in [0.05, 0.1) is 0 Å². The van der Waals surface area contributed by atoms with E-state index in [1.165, 1.54) is 109 Å². The van der Waals surface area contributed by atoms with Gasteiger partial charge in [0, 0.05) is 4.88 Å². The van der Waals surface area contributed by atoms with Crippen molar-refractivity contribution in [1.29, 1.82) is 0 Å². The molecule has 0 amide bonds. The fourth-order valence-electron chi connectivity index (χ4n) is 3.84.